The second kappa shape index (κ2) is 6.25. The van der Waals surface area contributed by atoms with Crippen LogP contribution in [0, 0.1) is 13.8 Å². The van der Waals surface area contributed by atoms with Gasteiger partial charge in [0.2, 0.25) is 5.91 Å². The zero-order valence-corrected chi connectivity index (χ0v) is 9.71. The van der Waals surface area contributed by atoms with E-state index in [2.05, 4.69) is 10.6 Å². The van der Waals surface area contributed by atoms with E-state index >= 15 is 0 Å². The molecule has 0 bridgehead atoms. The molecule has 0 aromatic heterocycles. The third-order valence-electron chi connectivity index (χ3n) is 2.45. The Labute approximate surface area is 95.7 Å². The maximum atomic E-state index is 11.5. The van der Waals surface area contributed by atoms with Gasteiger partial charge in [-0.25, -0.2) is 0 Å². The van der Waals surface area contributed by atoms with E-state index in [4.69, 9.17) is 5.11 Å². The predicted octanol–water partition coefficient (Wildman–Crippen LogP) is 0.824. The first-order chi connectivity index (χ1) is 7.65. The van der Waals surface area contributed by atoms with Crippen LogP contribution in [-0.4, -0.2) is 30.7 Å². The fourth-order valence-electron chi connectivity index (χ4n) is 1.36. The molecule has 0 unspecified atom stereocenters. The molecule has 1 aromatic carbocycles. The lowest BCUT2D eigenvalue weighted by molar-refractivity contribution is -0.115. The van der Waals surface area contributed by atoms with Gasteiger partial charge in [-0.3, -0.25) is 4.79 Å². The second-order valence-electron chi connectivity index (χ2n) is 3.70. The largest absolute Gasteiger partial charge is 0.395 e. The van der Waals surface area contributed by atoms with Gasteiger partial charge >= 0.3 is 0 Å². The molecular formula is C12H18N2O2. The minimum atomic E-state index is -0.0952. The summed E-state index contributed by atoms with van der Waals surface area (Å²) in [5.41, 5.74) is 3.08. The fraction of sp³-hybridized carbons (Fsp3) is 0.417. The van der Waals surface area contributed by atoms with Crippen molar-refractivity contribution in [1.82, 2.24) is 5.32 Å². The van der Waals surface area contributed by atoms with E-state index in [0.717, 1.165) is 16.8 Å². The van der Waals surface area contributed by atoms with Gasteiger partial charge in [-0.1, -0.05) is 12.1 Å². The number of aliphatic hydroxyl groups excluding tert-OH is 1. The molecule has 0 radical (unpaired) electrons. The van der Waals surface area contributed by atoms with Crippen molar-refractivity contribution in [2.24, 2.45) is 0 Å². The minimum absolute atomic E-state index is 0.0384. The van der Waals surface area contributed by atoms with E-state index in [1.165, 1.54) is 0 Å². The van der Waals surface area contributed by atoms with Crippen molar-refractivity contribution in [1.29, 1.82) is 0 Å². The van der Waals surface area contributed by atoms with Gasteiger partial charge in [0.15, 0.2) is 0 Å². The first kappa shape index (κ1) is 12.7. The third kappa shape index (κ3) is 3.64. The summed E-state index contributed by atoms with van der Waals surface area (Å²) in [6.45, 7) is 4.67. The molecule has 0 aliphatic heterocycles. The van der Waals surface area contributed by atoms with Crippen molar-refractivity contribution >= 4 is 11.6 Å². The number of amides is 1. The van der Waals surface area contributed by atoms with Crippen LogP contribution in [0.2, 0.25) is 0 Å². The summed E-state index contributed by atoms with van der Waals surface area (Å²) in [4.78, 5) is 11.5. The number of rotatable bonds is 5. The van der Waals surface area contributed by atoms with Crippen LogP contribution < -0.4 is 10.6 Å². The quantitative estimate of drug-likeness (QED) is 0.646. The fourth-order valence-corrected chi connectivity index (χ4v) is 1.36. The number of hydrogen-bond acceptors (Lipinski definition) is 3. The molecule has 1 amide bonds. The lowest BCUT2D eigenvalue weighted by Crippen LogP contribution is -2.30. The normalized spacial score (nSPS) is 10.2. The predicted molar refractivity (Wildman–Crippen MR) is 64.5 cm³/mol. The zero-order chi connectivity index (χ0) is 12.0. The minimum Gasteiger partial charge on any atom is -0.395 e. The van der Waals surface area contributed by atoms with Crippen molar-refractivity contribution in [2.75, 3.05) is 25.0 Å². The Morgan fingerprint density at radius 3 is 2.81 bits per heavy atom. The van der Waals surface area contributed by atoms with Crippen LogP contribution in [0.3, 0.4) is 0 Å². The van der Waals surface area contributed by atoms with E-state index in [1.54, 1.807) is 0 Å². The number of benzene rings is 1. The molecule has 4 nitrogen and oxygen atoms in total. The Kier molecular flexibility index (Phi) is 4.95. The SMILES string of the molecule is Cc1cccc(NC(=O)CNCCO)c1C. The first-order valence-electron chi connectivity index (χ1n) is 5.33. The van der Waals surface area contributed by atoms with Gasteiger partial charge in [0.05, 0.1) is 13.2 Å². The molecule has 0 heterocycles. The lowest BCUT2D eigenvalue weighted by atomic mass is 10.1. The van der Waals surface area contributed by atoms with E-state index in [0.29, 0.717) is 6.54 Å². The van der Waals surface area contributed by atoms with Crippen molar-refractivity contribution < 1.29 is 9.90 Å². The van der Waals surface area contributed by atoms with Gasteiger partial charge in [-0.2, -0.15) is 0 Å². The summed E-state index contributed by atoms with van der Waals surface area (Å²) in [6, 6.07) is 5.81. The topological polar surface area (TPSA) is 61.4 Å². The van der Waals surface area contributed by atoms with E-state index in [1.807, 2.05) is 32.0 Å². The Bertz CT molecular complexity index is 364. The Hall–Kier alpha value is -1.39. The number of anilines is 1. The highest BCUT2D eigenvalue weighted by molar-refractivity contribution is 5.93. The van der Waals surface area contributed by atoms with Gasteiger partial charge in [0.1, 0.15) is 0 Å². The number of aryl methyl sites for hydroxylation is 1. The summed E-state index contributed by atoms with van der Waals surface area (Å²) in [6.07, 6.45) is 0. The number of hydrogen-bond donors (Lipinski definition) is 3. The van der Waals surface area contributed by atoms with Crippen molar-refractivity contribution in [2.45, 2.75) is 13.8 Å². The van der Waals surface area contributed by atoms with E-state index in [-0.39, 0.29) is 19.1 Å². The standard InChI is InChI=1S/C12H18N2O2/c1-9-4-3-5-11(10(9)2)14-12(16)8-13-6-7-15/h3-5,13,15H,6-8H2,1-2H3,(H,14,16). The van der Waals surface area contributed by atoms with Crippen molar-refractivity contribution in [3.05, 3.63) is 29.3 Å². The average Bonchev–Trinajstić information content (AvgIpc) is 2.25. The highest BCUT2D eigenvalue weighted by Gasteiger charge is 2.04. The molecule has 3 N–H and O–H groups in total. The van der Waals surface area contributed by atoms with Crippen LogP contribution in [0.25, 0.3) is 0 Å². The van der Waals surface area contributed by atoms with Gasteiger partial charge in [0.25, 0.3) is 0 Å². The summed E-state index contributed by atoms with van der Waals surface area (Å²) in [7, 11) is 0. The summed E-state index contributed by atoms with van der Waals surface area (Å²) in [5, 5.41) is 14.2. The second-order valence-corrected chi connectivity index (χ2v) is 3.70. The van der Waals surface area contributed by atoms with Crippen molar-refractivity contribution in [3.8, 4) is 0 Å². The zero-order valence-electron chi connectivity index (χ0n) is 9.71. The van der Waals surface area contributed by atoms with Gasteiger partial charge in [-0.15, -0.1) is 0 Å². The monoisotopic (exact) mass is 222 g/mol. The Morgan fingerprint density at radius 2 is 2.12 bits per heavy atom. The van der Waals surface area contributed by atoms with Crippen LogP contribution in [-0.2, 0) is 4.79 Å². The van der Waals surface area contributed by atoms with Crippen LogP contribution in [0.15, 0.2) is 18.2 Å². The molecule has 88 valence electrons. The number of nitrogens with one attached hydrogen (secondary N) is 2. The molecule has 0 spiro atoms. The molecule has 1 aromatic rings. The molecule has 0 saturated heterocycles. The molecule has 16 heavy (non-hydrogen) atoms. The van der Waals surface area contributed by atoms with Crippen LogP contribution in [0.5, 0.6) is 0 Å². The Morgan fingerprint density at radius 1 is 1.38 bits per heavy atom. The molecule has 0 saturated carbocycles. The highest BCUT2D eigenvalue weighted by Crippen LogP contribution is 2.17. The highest BCUT2D eigenvalue weighted by atomic mass is 16.3. The Balaban J connectivity index is 2.53. The molecule has 1 rings (SSSR count). The summed E-state index contributed by atoms with van der Waals surface area (Å²) < 4.78 is 0. The van der Waals surface area contributed by atoms with Crippen LogP contribution in [0.4, 0.5) is 5.69 Å². The maximum Gasteiger partial charge on any atom is 0.238 e. The molecule has 0 fully saturated rings. The smallest absolute Gasteiger partial charge is 0.238 e. The third-order valence-corrected chi connectivity index (χ3v) is 2.45. The molecular weight excluding hydrogens is 204 g/mol. The molecule has 4 heteroatoms. The maximum absolute atomic E-state index is 11.5. The van der Waals surface area contributed by atoms with Crippen LogP contribution in [0.1, 0.15) is 11.1 Å². The van der Waals surface area contributed by atoms with Gasteiger partial charge < -0.3 is 15.7 Å². The summed E-state index contributed by atoms with van der Waals surface area (Å²) >= 11 is 0. The number of aliphatic hydroxyl groups is 1. The van der Waals surface area contributed by atoms with Crippen LogP contribution >= 0.6 is 0 Å². The molecule has 0 aliphatic rings. The van der Waals surface area contributed by atoms with E-state index < -0.39 is 0 Å². The molecule has 0 atom stereocenters. The number of carbonyl (C=O) groups is 1. The molecule has 0 aliphatic carbocycles. The average molecular weight is 222 g/mol. The lowest BCUT2D eigenvalue weighted by Gasteiger charge is -2.10. The van der Waals surface area contributed by atoms with E-state index in [9.17, 15) is 4.79 Å². The number of carbonyl (C=O) groups excluding carboxylic acids is 1. The first-order valence-corrected chi connectivity index (χ1v) is 5.33. The van der Waals surface area contributed by atoms with Gasteiger partial charge in [-0.05, 0) is 31.0 Å². The van der Waals surface area contributed by atoms with Gasteiger partial charge in [0, 0.05) is 12.2 Å². The van der Waals surface area contributed by atoms with Crippen molar-refractivity contribution in [3.63, 3.8) is 0 Å². The summed E-state index contributed by atoms with van der Waals surface area (Å²) in [5.74, 6) is -0.0952.